The predicted octanol–water partition coefficient (Wildman–Crippen LogP) is 0.932. The van der Waals surface area contributed by atoms with E-state index in [2.05, 4.69) is 17.6 Å². The minimum Gasteiger partial charge on any atom is -0.351 e. The van der Waals surface area contributed by atoms with E-state index < -0.39 is 0 Å². The van der Waals surface area contributed by atoms with Gasteiger partial charge in [0.1, 0.15) is 0 Å². The van der Waals surface area contributed by atoms with Crippen LogP contribution in [0, 0.1) is 17.8 Å². The van der Waals surface area contributed by atoms with Gasteiger partial charge in [0.25, 0.3) is 0 Å². The summed E-state index contributed by atoms with van der Waals surface area (Å²) in [6, 6.07) is 0. The molecule has 0 aromatic heterocycles. The third-order valence-electron chi connectivity index (χ3n) is 4.28. The molecular formula is C11H19ClN2O. The van der Waals surface area contributed by atoms with Crippen molar-refractivity contribution in [3.8, 4) is 0 Å². The number of hydrogen-bond donors (Lipinski definition) is 2. The fourth-order valence-corrected chi connectivity index (χ4v) is 3.02. The average molecular weight is 231 g/mol. The van der Waals surface area contributed by atoms with Crippen LogP contribution >= 0.6 is 12.4 Å². The summed E-state index contributed by atoms with van der Waals surface area (Å²) in [6.07, 6.45) is 3.61. The van der Waals surface area contributed by atoms with Crippen LogP contribution in [0.1, 0.15) is 26.2 Å². The summed E-state index contributed by atoms with van der Waals surface area (Å²) >= 11 is 0. The highest BCUT2D eigenvalue weighted by molar-refractivity contribution is 5.85. The van der Waals surface area contributed by atoms with Crippen LogP contribution in [-0.4, -0.2) is 24.5 Å². The molecule has 2 N–H and O–H groups in total. The van der Waals surface area contributed by atoms with Gasteiger partial charge in [-0.05, 0) is 51.1 Å². The van der Waals surface area contributed by atoms with Crippen LogP contribution in [0.2, 0.25) is 0 Å². The summed E-state index contributed by atoms with van der Waals surface area (Å²) in [5.74, 6) is 1.97. The Morgan fingerprint density at radius 3 is 2.40 bits per heavy atom. The third-order valence-corrected chi connectivity index (χ3v) is 4.28. The molecule has 3 rings (SSSR count). The second kappa shape index (κ2) is 3.63. The summed E-state index contributed by atoms with van der Waals surface area (Å²) in [6.45, 7) is 4.28. The summed E-state index contributed by atoms with van der Waals surface area (Å²) in [5.41, 5.74) is 0.140. The lowest BCUT2D eigenvalue weighted by molar-refractivity contribution is -0.125. The van der Waals surface area contributed by atoms with Crippen LogP contribution in [0.15, 0.2) is 0 Å². The van der Waals surface area contributed by atoms with E-state index in [9.17, 15) is 4.79 Å². The van der Waals surface area contributed by atoms with Gasteiger partial charge in [0.15, 0.2) is 0 Å². The normalized spacial score (nSPS) is 39.7. The van der Waals surface area contributed by atoms with E-state index in [0.717, 1.165) is 13.1 Å². The Morgan fingerprint density at radius 2 is 1.93 bits per heavy atom. The van der Waals surface area contributed by atoms with Crippen molar-refractivity contribution in [2.45, 2.75) is 31.7 Å². The molecule has 2 saturated carbocycles. The van der Waals surface area contributed by atoms with Crippen LogP contribution < -0.4 is 10.6 Å². The van der Waals surface area contributed by atoms with E-state index in [1.807, 2.05) is 0 Å². The van der Waals surface area contributed by atoms with Crippen molar-refractivity contribution in [2.75, 3.05) is 13.1 Å². The lowest BCUT2D eigenvalue weighted by Gasteiger charge is -2.39. The van der Waals surface area contributed by atoms with Crippen molar-refractivity contribution in [3.05, 3.63) is 0 Å². The molecule has 1 heterocycles. The molecule has 1 amide bonds. The highest BCUT2D eigenvalue weighted by atomic mass is 35.5. The molecule has 4 heteroatoms. The quantitative estimate of drug-likeness (QED) is 0.741. The molecule has 1 saturated heterocycles. The van der Waals surface area contributed by atoms with E-state index in [1.54, 1.807) is 0 Å². The molecule has 0 radical (unpaired) electrons. The maximum atomic E-state index is 11.9. The summed E-state index contributed by atoms with van der Waals surface area (Å²) < 4.78 is 0. The first-order chi connectivity index (χ1) is 6.70. The van der Waals surface area contributed by atoms with E-state index in [4.69, 9.17) is 0 Å². The van der Waals surface area contributed by atoms with Gasteiger partial charge >= 0.3 is 0 Å². The molecule has 0 spiro atoms. The molecule has 2 unspecified atom stereocenters. The van der Waals surface area contributed by atoms with E-state index in [0.29, 0.717) is 23.7 Å². The second-order valence-electron chi connectivity index (χ2n) is 5.42. The number of piperidine rings is 1. The Bertz CT molecular complexity index is 268. The number of rotatable bonds is 2. The molecule has 3 aliphatic rings. The van der Waals surface area contributed by atoms with Gasteiger partial charge in [-0.2, -0.15) is 0 Å². The molecule has 1 aliphatic heterocycles. The maximum absolute atomic E-state index is 11.9. The van der Waals surface area contributed by atoms with Crippen molar-refractivity contribution in [3.63, 3.8) is 0 Å². The average Bonchev–Trinajstić information content (AvgIpc) is 2.59. The van der Waals surface area contributed by atoms with Crippen LogP contribution in [0.4, 0.5) is 0 Å². The van der Waals surface area contributed by atoms with Gasteiger partial charge in [0.2, 0.25) is 5.91 Å². The smallest absolute Gasteiger partial charge is 0.224 e. The number of hydrogen-bond acceptors (Lipinski definition) is 2. The van der Waals surface area contributed by atoms with Gasteiger partial charge in [-0.25, -0.2) is 0 Å². The standard InChI is InChI=1S/C11H18N2O.ClH/c1-11(3-2-4-11)13-10(14)9-7-5-12-6-8(7)9;/h7-9,12H,2-6H2,1H3,(H,13,14);1H. The number of amides is 1. The number of nitrogens with one attached hydrogen (secondary N) is 2. The van der Waals surface area contributed by atoms with Crippen LogP contribution in [0.25, 0.3) is 0 Å². The molecule has 3 nitrogen and oxygen atoms in total. The Balaban J connectivity index is 0.000000853. The maximum Gasteiger partial charge on any atom is 0.224 e. The molecule has 0 aromatic carbocycles. The van der Waals surface area contributed by atoms with Gasteiger partial charge in [0.05, 0.1) is 0 Å². The zero-order valence-electron chi connectivity index (χ0n) is 9.08. The first-order valence-electron chi connectivity index (χ1n) is 5.72. The predicted molar refractivity (Wildman–Crippen MR) is 61.0 cm³/mol. The lowest BCUT2D eigenvalue weighted by atomic mass is 9.78. The Kier molecular flexibility index (Phi) is 2.72. The summed E-state index contributed by atoms with van der Waals surface area (Å²) in [5, 5.41) is 6.53. The molecule has 15 heavy (non-hydrogen) atoms. The minimum absolute atomic E-state index is 0. The molecule has 0 bridgehead atoms. The van der Waals surface area contributed by atoms with Gasteiger partial charge in [-0.3, -0.25) is 4.79 Å². The SMILES string of the molecule is CC1(NC(=O)C2C3CNCC32)CCC1.Cl. The second-order valence-corrected chi connectivity index (χ2v) is 5.42. The molecule has 3 fully saturated rings. The summed E-state index contributed by atoms with van der Waals surface area (Å²) in [4.78, 5) is 11.9. The number of carbonyl (C=O) groups is 1. The highest BCUT2D eigenvalue weighted by Crippen LogP contribution is 2.49. The van der Waals surface area contributed by atoms with Crippen LogP contribution in [-0.2, 0) is 4.79 Å². The van der Waals surface area contributed by atoms with Crippen molar-refractivity contribution in [1.29, 1.82) is 0 Å². The van der Waals surface area contributed by atoms with E-state index >= 15 is 0 Å². The highest BCUT2D eigenvalue weighted by Gasteiger charge is 2.57. The largest absolute Gasteiger partial charge is 0.351 e. The zero-order chi connectivity index (χ0) is 9.76. The number of carbonyl (C=O) groups excluding carboxylic acids is 1. The molecule has 0 aromatic rings. The van der Waals surface area contributed by atoms with Crippen molar-refractivity contribution >= 4 is 18.3 Å². The lowest BCUT2D eigenvalue weighted by Crippen LogP contribution is -2.52. The van der Waals surface area contributed by atoms with Crippen LogP contribution in [0.3, 0.4) is 0 Å². The van der Waals surface area contributed by atoms with Gasteiger partial charge in [-0.1, -0.05) is 0 Å². The molecule has 2 atom stereocenters. The first kappa shape index (κ1) is 11.2. The molecule has 2 aliphatic carbocycles. The monoisotopic (exact) mass is 230 g/mol. The van der Waals surface area contributed by atoms with Crippen molar-refractivity contribution < 1.29 is 4.79 Å². The Labute approximate surface area is 96.8 Å². The summed E-state index contributed by atoms with van der Waals surface area (Å²) in [7, 11) is 0. The fourth-order valence-electron chi connectivity index (χ4n) is 3.02. The van der Waals surface area contributed by atoms with Crippen molar-refractivity contribution in [2.24, 2.45) is 17.8 Å². The van der Waals surface area contributed by atoms with Gasteiger partial charge in [-0.15, -0.1) is 12.4 Å². The third kappa shape index (κ3) is 1.76. The molecular weight excluding hydrogens is 212 g/mol. The fraction of sp³-hybridized carbons (Fsp3) is 0.909. The van der Waals surface area contributed by atoms with Crippen molar-refractivity contribution in [1.82, 2.24) is 10.6 Å². The van der Waals surface area contributed by atoms with Gasteiger partial charge in [0, 0.05) is 11.5 Å². The Hall–Kier alpha value is -0.280. The number of halogens is 1. The minimum atomic E-state index is 0. The first-order valence-corrected chi connectivity index (χ1v) is 5.72. The zero-order valence-corrected chi connectivity index (χ0v) is 9.90. The van der Waals surface area contributed by atoms with E-state index in [-0.39, 0.29) is 17.9 Å². The van der Waals surface area contributed by atoms with E-state index in [1.165, 1.54) is 19.3 Å². The topological polar surface area (TPSA) is 41.1 Å². The molecule has 86 valence electrons. The van der Waals surface area contributed by atoms with Crippen LogP contribution in [0.5, 0.6) is 0 Å². The number of fused-ring (bicyclic) bond motifs is 1. The van der Waals surface area contributed by atoms with Gasteiger partial charge < -0.3 is 10.6 Å². The Morgan fingerprint density at radius 1 is 1.33 bits per heavy atom.